The van der Waals surface area contributed by atoms with Crippen LogP contribution < -0.4 is 16.4 Å². The highest BCUT2D eigenvalue weighted by Gasteiger charge is 2.20. The molecule has 2 aliphatic carbocycles. The number of nitrogens with one attached hydrogen (secondary N) is 2. The van der Waals surface area contributed by atoms with Crippen molar-refractivity contribution in [2.24, 2.45) is 0 Å². The van der Waals surface area contributed by atoms with Crippen LogP contribution in [0, 0.1) is 0 Å². The number of nitrogens with two attached hydrogens (primary N) is 1. The number of aromatic nitrogens is 1. The van der Waals surface area contributed by atoms with Gasteiger partial charge in [-0.2, -0.15) is 0 Å². The van der Waals surface area contributed by atoms with Gasteiger partial charge in [-0.05, 0) is 78.8 Å². The number of alkyl carbamates (subject to hydrolysis) is 1. The number of carbonyl (C=O) groups excluding carboxylic acids is 1. The summed E-state index contributed by atoms with van der Waals surface area (Å²) in [5.74, 6) is 0. The average molecular weight is 441 g/mol. The van der Waals surface area contributed by atoms with E-state index in [0.717, 1.165) is 37.5 Å². The van der Waals surface area contributed by atoms with Crippen molar-refractivity contribution in [1.29, 1.82) is 0 Å². The molecule has 1 aromatic heterocycles. The molecule has 0 spiro atoms. The summed E-state index contributed by atoms with van der Waals surface area (Å²) in [6.45, 7) is 12.2. The Morgan fingerprint density at radius 2 is 1.80 bits per heavy atom. The number of rotatable bonds is 4. The van der Waals surface area contributed by atoms with E-state index < -0.39 is 5.60 Å². The highest BCUT2D eigenvalue weighted by atomic mass is 32.1. The number of thiazole rings is 1. The van der Waals surface area contributed by atoms with Gasteiger partial charge >= 0.3 is 6.09 Å². The summed E-state index contributed by atoms with van der Waals surface area (Å²) in [4.78, 5) is 17.1. The van der Waals surface area contributed by atoms with Crippen molar-refractivity contribution in [3.05, 3.63) is 10.6 Å². The monoisotopic (exact) mass is 440 g/mol. The summed E-state index contributed by atoms with van der Waals surface area (Å²) in [5.41, 5.74) is 6.43. The summed E-state index contributed by atoms with van der Waals surface area (Å²) < 4.78 is 5.19. The molecule has 1 heterocycles. The fourth-order valence-corrected chi connectivity index (χ4v) is 4.37. The Hall–Kier alpha value is -1.34. The first kappa shape index (κ1) is 26.7. The molecule has 6 nitrogen and oxygen atoms in total. The van der Waals surface area contributed by atoms with Gasteiger partial charge in [0.15, 0.2) is 5.13 Å². The number of nitrogens with zero attached hydrogens (tertiary/aromatic N) is 1. The third kappa shape index (κ3) is 12.4. The summed E-state index contributed by atoms with van der Waals surface area (Å²) in [5, 5.41) is 6.85. The summed E-state index contributed by atoms with van der Waals surface area (Å²) in [6.07, 6.45) is 11.8. The van der Waals surface area contributed by atoms with Crippen LogP contribution >= 0.6 is 11.3 Å². The van der Waals surface area contributed by atoms with Crippen LogP contribution in [0.5, 0.6) is 0 Å². The summed E-state index contributed by atoms with van der Waals surface area (Å²) in [6, 6.07) is 0.332. The van der Waals surface area contributed by atoms with E-state index in [1.54, 1.807) is 11.3 Å². The predicted octanol–water partition coefficient (Wildman–Crippen LogP) is 5.45. The lowest BCUT2D eigenvalue weighted by molar-refractivity contribution is 0.0493. The number of hydrogen-bond donors (Lipinski definition) is 3. The van der Waals surface area contributed by atoms with Gasteiger partial charge in [0.2, 0.25) is 0 Å². The molecule has 0 aromatic carbocycles. The van der Waals surface area contributed by atoms with Gasteiger partial charge in [0, 0.05) is 10.9 Å². The molecule has 174 valence electrons. The lowest BCUT2D eigenvalue weighted by Crippen LogP contribution is -2.39. The molecular formula is C23H44N4O2S. The second kappa shape index (κ2) is 14.6. The van der Waals surface area contributed by atoms with E-state index in [0.29, 0.717) is 6.04 Å². The molecule has 0 unspecified atom stereocenters. The van der Waals surface area contributed by atoms with Gasteiger partial charge in [0.25, 0.3) is 0 Å². The maximum absolute atomic E-state index is 11.4. The third-order valence-corrected chi connectivity index (χ3v) is 5.85. The Labute approximate surface area is 187 Å². The second-order valence-corrected chi connectivity index (χ2v) is 10.1. The van der Waals surface area contributed by atoms with E-state index in [9.17, 15) is 4.79 Å². The van der Waals surface area contributed by atoms with E-state index in [4.69, 9.17) is 10.5 Å². The van der Waals surface area contributed by atoms with Gasteiger partial charge in [-0.25, -0.2) is 9.78 Å². The number of anilines is 1. The molecule has 0 aliphatic heterocycles. The molecule has 1 fully saturated rings. The van der Waals surface area contributed by atoms with Crippen LogP contribution in [0.25, 0.3) is 0 Å². The van der Waals surface area contributed by atoms with E-state index in [1.165, 1.54) is 55.5 Å². The fraction of sp³-hybridized carbons (Fsp3) is 0.826. The predicted molar refractivity (Wildman–Crippen MR) is 128 cm³/mol. The van der Waals surface area contributed by atoms with Crippen LogP contribution in [-0.2, 0) is 17.6 Å². The smallest absolute Gasteiger partial charge is 0.407 e. The van der Waals surface area contributed by atoms with Crippen LogP contribution in [0.3, 0.4) is 0 Å². The Morgan fingerprint density at radius 1 is 1.13 bits per heavy atom. The van der Waals surface area contributed by atoms with Crippen molar-refractivity contribution < 1.29 is 9.53 Å². The van der Waals surface area contributed by atoms with Gasteiger partial charge in [-0.3, -0.25) is 0 Å². The van der Waals surface area contributed by atoms with Crippen molar-refractivity contribution >= 4 is 22.6 Å². The molecule has 0 saturated heterocycles. The van der Waals surface area contributed by atoms with E-state index in [1.807, 2.05) is 20.8 Å². The molecule has 0 atom stereocenters. The lowest BCUT2D eigenvalue weighted by Gasteiger charge is -2.25. The molecule has 1 saturated carbocycles. The maximum atomic E-state index is 11.4. The molecular weight excluding hydrogens is 396 g/mol. The molecule has 0 bridgehead atoms. The van der Waals surface area contributed by atoms with E-state index in [2.05, 4.69) is 29.5 Å². The Kier molecular flexibility index (Phi) is 13.0. The SMILES string of the molecule is CC(C)(C)OC(=O)NC1CCCCC1.CCCNCC.Nc1nc2c(s1)CCCC2. The van der Waals surface area contributed by atoms with E-state index in [-0.39, 0.29) is 6.09 Å². The fourth-order valence-electron chi connectivity index (χ4n) is 3.45. The molecule has 0 radical (unpaired) electrons. The highest BCUT2D eigenvalue weighted by molar-refractivity contribution is 7.15. The largest absolute Gasteiger partial charge is 0.444 e. The minimum atomic E-state index is -0.390. The van der Waals surface area contributed by atoms with Gasteiger partial charge in [-0.15, -0.1) is 11.3 Å². The Balaban J connectivity index is 0.000000245. The lowest BCUT2D eigenvalue weighted by atomic mass is 9.96. The molecule has 4 N–H and O–H groups in total. The second-order valence-electron chi connectivity index (χ2n) is 8.96. The van der Waals surface area contributed by atoms with Crippen LogP contribution in [0.4, 0.5) is 9.93 Å². The molecule has 3 rings (SSSR count). The zero-order chi connectivity index (χ0) is 22.4. The minimum Gasteiger partial charge on any atom is -0.444 e. The summed E-state index contributed by atoms with van der Waals surface area (Å²) >= 11 is 1.66. The third-order valence-electron chi connectivity index (χ3n) is 4.87. The molecule has 1 aromatic rings. The van der Waals surface area contributed by atoms with Crippen LogP contribution in [0.15, 0.2) is 0 Å². The van der Waals surface area contributed by atoms with Gasteiger partial charge in [0.1, 0.15) is 5.60 Å². The van der Waals surface area contributed by atoms with Crippen molar-refractivity contribution in [1.82, 2.24) is 15.6 Å². The number of carbonyl (C=O) groups is 1. The van der Waals surface area contributed by atoms with Crippen LogP contribution in [-0.4, -0.2) is 35.8 Å². The number of fused-ring (bicyclic) bond motifs is 1. The number of ether oxygens (including phenoxy) is 1. The van der Waals surface area contributed by atoms with Crippen molar-refractivity contribution in [2.45, 2.75) is 110 Å². The van der Waals surface area contributed by atoms with Gasteiger partial charge < -0.3 is 21.1 Å². The first-order chi connectivity index (χ1) is 14.2. The number of amides is 1. The van der Waals surface area contributed by atoms with E-state index >= 15 is 0 Å². The molecule has 2 aliphatic rings. The van der Waals surface area contributed by atoms with Crippen molar-refractivity contribution in [3.8, 4) is 0 Å². The minimum absolute atomic E-state index is 0.274. The van der Waals surface area contributed by atoms with Gasteiger partial charge in [-0.1, -0.05) is 33.1 Å². The maximum Gasteiger partial charge on any atom is 0.407 e. The standard InChI is InChI=1S/C11H21NO2.C7H10N2S.C5H13N/c1-11(2,3)14-10(13)12-9-7-5-4-6-8-9;8-7-9-5-3-1-2-4-6(5)10-7;1-3-5-6-4-2/h9H,4-8H2,1-3H3,(H,12,13);1-4H2,(H2,8,9);6H,3-5H2,1-2H3. The average Bonchev–Trinajstić information content (AvgIpc) is 3.06. The zero-order valence-corrected chi connectivity index (χ0v) is 20.6. The first-order valence-corrected chi connectivity index (χ1v) is 12.5. The highest BCUT2D eigenvalue weighted by Crippen LogP contribution is 2.27. The van der Waals surface area contributed by atoms with Crippen molar-refractivity contribution in [2.75, 3.05) is 18.8 Å². The normalized spacial score (nSPS) is 16.3. The topological polar surface area (TPSA) is 89.3 Å². The van der Waals surface area contributed by atoms with Crippen LogP contribution in [0.2, 0.25) is 0 Å². The Bertz CT molecular complexity index is 565. The number of aryl methyl sites for hydroxylation is 2. The van der Waals surface area contributed by atoms with Crippen molar-refractivity contribution in [3.63, 3.8) is 0 Å². The Morgan fingerprint density at radius 3 is 2.33 bits per heavy atom. The number of hydrogen-bond acceptors (Lipinski definition) is 6. The number of nitrogen functional groups attached to an aromatic ring is 1. The first-order valence-electron chi connectivity index (χ1n) is 11.7. The molecule has 7 heteroatoms. The zero-order valence-electron chi connectivity index (χ0n) is 19.8. The quantitative estimate of drug-likeness (QED) is 0.541. The van der Waals surface area contributed by atoms with Gasteiger partial charge in [0.05, 0.1) is 5.69 Å². The molecule has 1 amide bonds. The molecule has 30 heavy (non-hydrogen) atoms. The summed E-state index contributed by atoms with van der Waals surface area (Å²) in [7, 11) is 0. The van der Waals surface area contributed by atoms with Crippen LogP contribution in [0.1, 0.15) is 96.6 Å².